The lowest BCUT2D eigenvalue weighted by Crippen LogP contribution is -2.29. The largest absolute Gasteiger partial charge is 0.0840 e. The van der Waals surface area contributed by atoms with Crippen molar-refractivity contribution in [3.8, 4) is 33.4 Å². The predicted octanol–water partition coefficient (Wildman–Crippen LogP) is 8.35. The molecular formula is C31H19Cl. The van der Waals surface area contributed by atoms with Crippen LogP contribution in [0.2, 0.25) is 5.02 Å². The molecule has 1 spiro atoms. The second-order valence-electron chi connectivity index (χ2n) is 8.59. The first-order valence-electron chi connectivity index (χ1n) is 11.0. The average molecular weight is 427 g/mol. The number of halogens is 1. The molecule has 2 aliphatic carbocycles. The van der Waals surface area contributed by atoms with Gasteiger partial charge in [0.15, 0.2) is 0 Å². The molecule has 0 fully saturated rings. The van der Waals surface area contributed by atoms with Crippen LogP contribution in [-0.4, -0.2) is 0 Å². The molecule has 5 aromatic rings. The molecule has 32 heavy (non-hydrogen) atoms. The predicted molar refractivity (Wildman–Crippen MR) is 133 cm³/mol. The Morgan fingerprint density at radius 1 is 0.375 bits per heavy atom. The molecule has 0 amide bonds. The van der Waals surface area contributed by atoms with E-state index in [0.717, 1.165) is 5.02 Å². The molecular weight excluding hydrogens is 408 g/mol. The lowest BCUT2D eigenvalue weighted by atomic mass is 9.66. The van der Waals surface area contributed by atoms with Gasteiger partial charge >= 0.3 is 0 Å². The van der Waals surface area contributed by atoms with Crippen molar-refractivity contribution in [2.24, 2.45) is 0 Å². The fourth-order valence-electron chi connectivity index (χ4n) is 6.06. The summed E-state index contributed by atoms with van der Waals surface area (Å²) < 4.78 is 0. The SMILES string of the molecule is Clc1cccc2c1C1(c3ccccc3-c3ccccc3-c3ccccc31)c1ccccc1-2. The van der Waals surface area contributed by atoms with Crippen molar-refractivity contribution in [2.75, 3.05) is 0 Å². The minimum absolute atomic E-state index is 0.476. The Balaban J connectivity index is 1.80. The van der Waals surface area contributed by atoms with Crippen LogP contribution < -0.4 is 0 Å². The van der Waals surface area contributed by atoms with Crippen molar-refractivity contribution in [3.05, 3.63) is 143 Å². The van der Waals surface area contributed by atoms with Crippen LogP contribution in [-0.2, 0) is 5.41 Å². The Kier molecular flexibility index (Phi) is 3.63. The summed E-state index contributed by atoms with van der Waals surface area (Å²) >= 11 is 7.08. The van der Waals surface area contributed by atoms with E-state index in [0.29, 0.717) is 0 Å². The normalized spacial score (nSPS) is 14.0. The van der Waals surface area contributed by atoms with Crippen molar-refractivity contribution in [1.29, 1.82) is 0 Å². The highest BCUT2D eigenvalue weighted by molar-refractivity contribution is 6.32. The maximum Gasteiger partial charge on any atom is 0.0740 e. The van der Waals surface area contributed by atoms with E-state index >= 15 is 0 Å². The fraction of sp³-hybridized carbons (Fsp3) is 0.0323. The van der Waals surface area contributed by atoms with Crippen molar-refractivity contribution < 1.29 is 0 Å². The molecule has 150 valence electrons. The average Bonchev–Trinajstić information content (AvgIpc) is 3.11. The van der Waals surface area contributed by atoms with Gasteiger partial charge in [-0.3, -0.25) is 0 Å². The summed E-state index contributed by atoms with van der Waals surface area (Å²) in [5.74, 6) is 0. The van der Waals surface area contributed by atoms with Gasteiger partial charge in [0.2, 0.25) is 0 Å². The molecule has 7 rings (SSSR count). The standard InChI is InChI=1S/C31H19Cl/c32-29-19-9-15-25-24-14-5-8-18-28(24)31(30(25)29)26-16-6-3-12-22(26)20-10-1-2-11-21(20)23-13-4-7-17-27(23)31/h1-19H. The molecule has 0 aromatic heterocycles. The third-order valence-corrected chi connectivity index (χ3v) is 7.49. The fourth-order valence-corrected chi connectivity index (χ4v) is 6.37. The lowest BCUT2D eigenvalue weighted by molar-refractivity contribution is 0.775. The van der Waals surface area contributed by atoms with Crippen LogP contribution in [0.15, 0.2) is 115 Å². The van der Waals surface area contributed by atoms with Gasteiger partial charge in [-0.25, -0.2) is 0 Å². The Bertz CT molecular complexity index is 1480. The Labute approximate surface area is 192 Å². The number of hydrogen-bond donors (Lipinski definition) is 0. The van der Waals surface area contributed by atoms with E-state index in [1.807, 2.05) is 6.07 Å². The molecule has 0 nitrogen and oxygen atoms in total. The third kappa shape index (κ3) is 2.08. The molecule has 0 radical (unpaired) electrons. The first-order valence-corrected chi connectivity index (χ1v) is 11.4. The summed E-state index contributed by atoms with van der Waals surface area (Å²) in [6.07, 6.45) is 0. The van der Waals surface area contributed by atoms with Gasteiger partial charge in [-0.1, -0.05) is 121 Å². The van der Waals surface area contributed by atoms with E-state index in [9.17, 15) is 0 Å². The molecule has 0 bridgehead atoms. The number of hydrogen-bond acceptors (Lipinski definition) is 0. The van der Waals surface area contributed by atoms with Gasteiger partial charge in [0.05, 0.1) is 5.41 Å². The molecule has 0 atom stereocenters. The van der Waals surface area contributed by atoms with Crippen molar-refractivity contribution in [3.63, 3.8) is 0 Å². The van der Waals surface area contributed by atoms with Gasteiger partial charge < -0.3 is 0 Å². The molecule has 5 aromatic carbocycles. The molecule has 1 heteroatoms. The topological polar surface area (TPSA) is 0 Å². The molecule has 0 saturated carbocycles. The molecule has 0 heterocycles. The summed E-state index contributed by atoms with van der Waals surface area (Å²) in [7, 11) is 0. The zero-order valence-corrected chi connectivity index (χ0v) is 18.1. The summed E-state index contributed by atoms with van der Waals surface area (Å²) in [6, 6.07) is 41.6. The Morgan fingerprint density at radius 3 is 1.25 bits per heavy atom. The summed E-state index contributed by atoms with van der Waals surface area (Å²) in [5, 5.41) is 0.814. The zero-order valence-electron chi connectivity index (χ0n) is 17.3. The third-order valence-electron chi connectivity index (χ3n) is 7.18. The monoisotopic (exact) mass is 426 g/mol. The van der Waals surface area contributed by atoms with Crippen LogP contribution in [0.5, 0.6) is 0 Å². The smallest absolute Gasteiger partial charge is 0.0740 e. The summed E-state index contributed by atoms with van der Waals surface area (Å²) in [6.45, 7) is 0. The van der Waals surface area contributed by atoms with Crippen molar-refractivity contribution >= 4 is 11.6 Å². The second kappa shape index (κ2) is 6.45. The molecule has 0 saturated heterocycles. The van der Waals surface area contributed by atoms with Gasteiger partial charge in [0, 0.05) is 5.02 Å². The first-order chi connectivity index (χ1) is 15.8. The second-order valence-corrected chi connectivity index (χ2v) is 9.00. The quantitative estimate of drug-likeness (QED) is 0.228. The van der Waals surface area contributed by atoms with Gasteiger partial charge in [0.1, 0.15) is 0 Å². The molecule has 0 unspecified atom stereocenters. The van der Waals surface area contributed by atoms with Crippen LogP contribution in [0.4, 0.5) is 0 Å². The van der Waals surface area contributed by atoms with Gasteiger partial charge in [-0.2, -0.15) is 0 Å². The van der Waals surface area contributed by atoms with Crippen LogP contribution in [0, 0.1) is 0 Å². The number of benzene rings is 5. The van der Waals surface area contributed by atoms with E-state index in [-0.39, 0.29) is 0 Å². The minimum atomic E-state index is -0.476. The van der Waals surface area contributed by atoms with Crippen LogP contribution >= 0.6 is 11.6 Å². The van der Waals surface area contributed by atoms with Crippen LogP contribution in [0.25, 0.3) is 33.4 Å². The van der Waals surface area contributed by atoms with Crippen molar-refractivity contribution in [1.82, 2.24) is 0 Å². The maximum absolute atomic E-state index is 7.08. The zero-order chi connectivity index (χ0) is 21.3. The molecule has 2 aliphatic rings. The first kappa shape index (κ1) is 18.0. The van der Waals surface area contributed by atoms with E-state index in [4.69, 9.17) is 11.6 Å². The van der Waals surface area contributed by atoms with Crippen LogP contribution in [0.3, 0.4) is 0 Å². The lowest BCUT2D eigenvalue weighted by Gasteiger charge is -2.35. The summed E-state index contributed by atoms with van der Waals surface area (Å²) in [5.41, 5.74) is 12.2. The highest BCUT2D eigenvalue weighted by Gasteiger charge is 2.50. The number of fused-ring (bicyclic) bond motifs is 12. The Hall–Kier alpha value is -3.61. The van der Waals surface area contributed by atoms with Crippen LogP contribution in [0.1, 0.15) is 22.3 Å². The van der Waals surface area contributed by atoms with E-state index in [2.05, 4.69) is 109 Å². The van der Waals surface area contributed by atoms with Gasteiger partial charge in [0.25, 0.3) is 0 Å². The van der Waals surface area contributed by atoms with Gasteiger partial charge in [-0.15, -0.1) is 0 Å². The van der Waals surface area contributed by atoms with E-state index < -0.39 is 5.41 Å². The van der Waals surface area contributed by atoms with E-state index in [1.54, 1.807) is 0 Å². The Morgan fingerprint density at radius 2 is 0.750 bits per heavy atom. The summed E-state index contributed by atoms with van der Waals surface area (Å²) in [4.78, 5) is 0. The highest BCUT2D eigenvalue weighted by Crippen LogP contribution is 2.62. The van der Waals surface area contributed by atoms with E-state index in [1.165, 1.54) is 55.6 Å². The van der Waals surface area contributed by atoms with Crippen molar-refractivity contribution in [2.45, 2.75) is 5.41 Å². The molecule has 0 aliphatic heterocycles. The molecule has 0 N–H and O–H groups in total. The number of rotatable bonds is 0. The minimum Gasteiger partial charge on any atom is -0.0840 e. The maximum atomic E-state index is 7.08. The van der Waals surface area contributed by atoms with Gasteiger partial charge in [-0.05, 0) is 61.7 Å². The highest BCUT2D eigenvalue weighted by atomic mass is 35.5.